The molecule has 114 valence electrons. The monoisotopic (exact) mass is 280 g/mol. The number of aromatic nitrogens is 3. The van der Waals surface area contributed by atoms with Gasteiger partial charge in [-0.1, -0.05) is 6.92 Å². The van der Waals surface area contributed by atoms with E-state index in [-0.39, 0.29) is 11.2 Å². The van der Waals surface area contributed by atoms with E-state index in [1.165, 1.54) is 0 Å². The molecule has 0 spiro atoms. The molecular formula is C15H28N4O. The average molecular weight is 280 g/mol. The van der Waals surface area contributed by atoms with Crippen LogP contribution in [0.4, 0.5) is 0 Å². The van der Waals surface area contributed by atoms with Crippen molar-refractivity contribution in [3.8, 4) is 0 Å². The van der Waals surface area contributed by atoms with Crippen molar-refractivity contribution in [2.75, 3.05) is 0 Å². The van der Waals surface area contributed by atoms with Gasteiger partial charge in [-0.2, -0.15) is 0 Å². The number of hydrogen-bond donors (Lipinski definition) is 1. The van der Waals surface area contributed by atoms with Crippen LogP contribution in [0.25, 0.3) is 0 Å². The lowest BCUT2D eigenvalue weighted by Gasteiger charge is -2.27. The van der Waals surface area contributed by atoms with Crippen LogP contribution in [0.2, 0.25) is 0 Å². The summed E-state index contributed by atoms with van der Waals surface area (Å²) < 4.78 is 8.31. The Morgan fingerprint density at radius 1 is 1.30 bits per heavy atom. The van der Waals surface area contributed by atoms with Crippen molar-refractivity contribution in [3.05, 3.63) is 11.6 Å². The van der Waals surface area contributed by atoms with Crippen molar-refractivity contribution in [2.45, 2.75) is 84.7 Å². The molecule has 1 aromatic rings. The van der Waals surface area contributed by atoms with Gasteiger partial charge in [-0.15, -0.1) is 10.2 Å². The Bertz CT molecular complexity index is 464. The van der Waals surface area contributed by atoms with Crippen molar-refractivity contribution in [1.82, 2.24) is 20.1 Å². The van der Waals surface area contributed by atoms with Gasteiger partial charge >= 0.3 is 0 Å². The maximum atomic E-state index is 6.11. The molecule has 2 heterocycles. The molecule has 0 amide bonds. The van der Waals surface area contributed by atoms with Crippen LogP contribution in [-0.2, 0) is 17.8 Å². The molecular weight excluding hydrogens is 252 g/mol. The van der Waals surface area contributed by atoms with E-state index in [1.54, 1.807) is 0 Å². The van der Waals surface area contributed by atoms with Crippen LogP contribution in [0.15, 0.2) is 0 Å². The second-order valence-corrected chi connectivity index (χ2v) is 6.92. The Labute approximate surface area is 122 Å². The molecule has 1 fully saturated rings. The molecule has 1 atom stereocenters. The minimum Gasteiger partial charge on any atom is -0.368 e. The van der Waals surface area contributed by atoms with E-state index in [0.717, 1.165) is 37.6 Å². The summed E-state index contributed by atoms with van der Waals surface area (Å²) in [7, 11) is 0. The molecule has 1 aliphatic rings. The third-order valence-corrected chi connectivity index (χ3v) is 4.04. The van der Waals surface area contributed by atoms with E-state index < -0.39 is 0 Å². The summed E-state index contributed by atoms with van der Waals surface area (Å²) in [5.74, 6) is 2.01. The quantitative estimate of drug-likeness (QED) is 0.900. The van der Waals surface area contributed by atoms with Gasteiger partial charge in [0.1, 0.15) is 11.6 Å². The van der Waals surface area contributed by atoms with E-state index >= 15 is 0 Å². The van der Waals surface area contributed by atoms with Crippen LogP contribution < -0.4 is 5.32 Å². The number of nitrogens with one attached hydrogen (secondary N) is 1. The van der Waals surface area contributed by atoms with Gasteiger partial charge in [0.25, 0.3) is 0 Å². The fourth-order valence-corrected chi connectivity index (χ4v) is 3.16. The zero-order chi connectivity index (χ0) is 15.0. The van der Waals surface area contributed by atoms with E-state index in [2.05, 4.69) is 54.7 Å². The maximum absolute atomic E-state index is 6.11. The largest absolute Gasteiger partial charge is 0.368 e. The summed E-state index contributed by atoms with van der Waals surface area (Å²) in [4.78, 5) is 0. The minimum atomic E-state index is -0.145. The SMILES string of the molecule is CCCn1c(C)nnc1CN[C@@H]1CC(C)(C)OC1(C)C. The third-order valence-electron chi connectivity index (χ3n) is 4.04. The number of ether oxygens (including phenoxy) is 1. The van der Waals surface area contributed by atoms with Crippen LogP contribution in [-0.4, -0.2) is 32.0 Å². The molecule has 1 N–H and O–H groups in total. The number of nitrogens with zero attached hydrogens (tertiary/aromatic N) is 3. The smallest absolute Gasteiger partial charge is 0.147 e. The van der Waals surface area contributed by atoms with Crippen molar-refractivity contribution in [1.29, 1.82) is 0 Å². The Morgan fingerprint density at radius 3 is 2.55 bits per heavy atom. The predicted octanol–water partition coefficient (Wildman–Crippen LogP) is 2.43. The summed E-state index contributed by atoms with van der Waals surface area (Å²) >= 11 is 0. The summed E-state index contributed by atoms with van der Waals surface area (Å²) in [5.41, 5.74) is -0.206. The average Bonchev–Trinajstić information content (AvgIpc) is 2.75. The molecule has 0 saturated carbocycles. The van der Waals surface area contributed by atoms with E-state index in [9.17, 15) is 0 Å². The molecule has 20 heavy (non-hydrogen) atoms. The van der Waals surface area contributed by atoms with Crippen molar-refractivity contribution in [3.63, 3.8) is 0 Å². The van der Waals surface area contributed by atoms with Crippen molar-refractivity contribution in [2.24, 2.45) is 0 Å². The highest BCUT2D eigenvalue weighted by molar-refractivity contribution is 5.01. The summed E-state index contributed by atoms with van der Waals surface area (Å²) in [5, 5.41) is 12.1. The maximum Gasteiger partial charge on any atom is 0.147 e. The van der Waals surface area contributed by atoms with E-state index in [4.69, 9.17) is 4.74 Å². The lowest BCUT2D eigenvalue weighted by molar-refractivity contribution is -0.0699. The second kappa shape index (κ2) is 5.45. The fraction of sp³-hybridized carbons (Fsp3) is 0.867. The van der Waals surface area contributed by atoms with Gasteiger partial charge in [0.2, 0.25) is 0 Å². The first-order valence-electron chi connectivity index (χ1n) is 7.57. The second-order valence-electron chi connectivity index (χ2n) is 6.92. The topological polar surface area (TPSA) is 52.0 Å². The fourth-order valence-electron chi connectivity index (χ4n) is 3.16. The van der Waals surface area contributed by atoms with Gasteiger partial charge in [-0.3, -0.25) is 0 Å². The highest BCUT2D eigenvalue weighted by atomic mass is 16.5. The Hall–Kier alpha value is -0.940. The van der Waals surface area contributed by atoms with Gasteiger partial charge in [-0.25, -0.2) is 0 Å². The predicted molar refractivity (Wildman–Crippen MR) is 79.5 cm³/mol. The van der Waals surface area contributed by atoms with Crippen molar-refractivity contribution >= 4 is 0 Å². The van der Waals surface area contributed by atoms with Crippen LogP contribution in [0.1, 0.15) is 59.1 Å². The Kier molecular flexibility index (Phi) is 4.21. The minimum absolute atomic E-state index is 0.0613. The summed E-state index contributed by atoms with van der Waals surface area (Å²) in [6, 6.07) is 0.338. The number of rotatable bonds is 5. The number of aryl methyl sites for hydroxylation is 1. The molecule has 5 heteroatoms. The van der Waals surface area contributed by atoms with E-state index in [0.29, 0.717) is 6.04 Å². The van der Waals surface area contributed by atoms with Gasteiger partial charge in [0.15, 0.2) is 0 Å². The highest BCUT2D eigenvalue weighted by Crippen LogP contribution is 2.37. The zero-order valence-corrected chi connectivity index (χ0v) is 13.7. The Morgan fingerprint density at radius 2 is 2.00 bits per heavy atom. The zero-order valence-electron chi connectivity index (χ0n) is 13.7. The van der Waals surface area contributed by atoms with Crippen LogP contribution in [0, 0.1) is 6.92 Å². The lowest BCUT2D eigenvalue weighted by Crippen LogP contribution is -2.43. The number of hydrogen-bond acceptors (Lipinski definition) is 4. The van der Waals surface area contributed by atoms with Crippen molar-refractivity contribution < 1.29 is 4.74 Å². The Balaban J connectivity index is 2.02. The first kappa shape index (κ1) is 15.4. The molecule has 0 radical (unpaired) electrons. The molecule has 1 saturated heterocycles. The van der Waals surface area contributed by atoms with E-state index in [1.807, 2.05) is 6.92 Å². The van der Waals surface area contributed by atoms with Gasteiger partial charge in [-0.05, 0) is 47.5 Å². The first-order valence-corrected chi connectivity index (χ1v) is 7.57. The normalized spacial score (nSPS) is 24.2. The van der Waals surface area contributed by atoms with Gasteiger partial charge < -0.3 is 14.6 Å². The molecule has 2 rings (SSSR count). The molecule has 0 bridgehead atoms. The van der Waals surface area contributed by atoms with Crippen LogP contribution in [0.5, 0.6) is 0 Å². The first-order chi connectivity index (χ1) is 9.25. The molecule has 5 nitrogen and oxygen atoms in total. The molecule has 0 unspecified atom stereocenters. The molecule has 0 aromatic carbocycles. The standard InChI is InChI=1S/C15H28N4O/c1-7-8-19-11(2)17-18-13(19)10-16-12-9-14(3,4)20-15(12,5)6/h12,16H,7-10H2,1-6H3/t12-/m1/s1. The molecule has 1 aromatic heterocycles. The summed E-state index contributed by atoms with van der Waals surface area (Å²) in [6.45, 7) is 14.5. The summed E-state index contributed by atoms with van der Waals surface area (Å²) in [6.07, 6.45) is 2.11. The van der Waals surface area contributed by atoms with Crippen LogP contribution >= 0.6 is 0 Å². The van der Waals surface area contributed by atoms with Gasteiger partial charge in [0.05, 0.1) is 17.7 Å². The molecule has 1 aliphatic heterocycles. The lowest BCUT2D eigenvalue weighted by atomic mass is 9.94. The third kappa shape index (κ3) is 3.20. The van der Waals surface area contributed by atoms with Gasteiger partial charge in [0, 0.05) is 12.6 Å². The highest BCUT2D eigenvalue weighted by Gasteiger charge is 2.45. The van der Waals surface area contributed by atoms with Crippen LogP contribution in [0.3, 0.4) is 0 Å². The molecule has 0 aliphatic carbocycles.